The number of rotatable bonds is 3. The molecule has 0 bridgehead atoms. The molecule has 0 saturated carbocycles. The number of ether oxygens (including phenoxy) is 2. The Hall–Kier alpha value is -3.58. The second kappa shape index (κ2) is 8.82. The van der Waals surface area contributed by atoms with Crippen LogP contribution in [0.4, 0.5) is 10.1 Å². The zero-order valence-electron chi connectivity index (χ0n) is 20.2. The molecule has 2 N–H and O–H groups in total. The topological polar surface area (TPSA) is 81.9 Å². The normalized spacial score (nSPS) is 19.1. The highest BCUT2D eigenvalue weighted by Gasteiger charge is 2.45. The Labute approximate surface area is 213 Å². The second-order valence-electron chi connectivity index (χ2n) is 10.0. The van der Waals surface area contributed by atoms with E-state index in [1.165, 1.54) is 17.0 Å². The van der Waals surface area contributed by atoms with Crippen LogP contribution in [0.25, 0.3) is 0 Å². The van der Waals surface area contributed by atoms with Crippen LogP contribution in [-0.2, 0) is 10.2 Å². The van der Waals surface area contributed by atoms with Gasteiger partial charge in [-0.2, -0.15) is 0 Å². The highest BCUT2D eigenvalue weighted by atomic mass is 35.5. The summed E-state index contributed by atoms with van der Waals surface area (Å²) in [7, 11) is 0. The van der Waals surface area contributed by atoms with E-state index in [0.29, 0.717) is 46.5 Å². The van der Waals surface area contributed by atoms with Gasteiger partial charge in [-0.05, 0) is 58.5 Å². The van der Waals surface area contributed by atoms with Crippen molar-refractivity contribution in [2.45, 2.75) is 38.1 Å². The molecule has 0 radical (unpaired) electrons. The Morgan fingerprint density at radius 1 is 1.03 bits per heavy atom. The highest BCUT2D eigenvalue weighted by Crippen LogP contribution is 2.47. The maximum atomic E-state index is 14.2. The molecule has 8 heteroatoms. The monoisotopic (exact) mass is 508 g/mol. The Morgan fingerprint density at radius 2 is 1.75 bits per heavy atom. The van der Waals surface area contributed by atoms with Gasteiger partial charge in [0.15, 0.2) is 11.5 Å². The van der Waals surface area contributed by atoms with Gasteiger partial charge in [0, 0.05) is 16.3 Å². The summed E-state index contributed by atoms with van der Waals surface area (Å²) in [5.74, 6) is -1.53. The number of halogens is 2. The summed E-state index contributed by atoms with van der Waals surface area (Å²) >= 11 is 6.67. The molecule has 0 unspecified atom stereocenters. The van der Waals surface area contributed by atoms with Crippen LogP contribution in [0, 0.1) is 5.82 Å². The lowest BCUT2D eigenvalue weighted by atomic mass is 9.78. The summed E-state index contributed by atoms with van der Waals surface area (Å²) in [5, 5.41) is 0.481. The van der Waals surface area contributed by atoms with Crippen LogP contribution in [0.3, 0.4) is 0 Å². The van der Waals surface area contributed by atoms with Crippen molar-refractivity contribution in [3.05, 3.63) is 87.7 Å². The molecule has 0 spiro atoms. The van der Waals surface area contributed by atoms with Gasteiger partial charge >= 0.3 is 0 Å². The number of amides is 2. The van der Waals surface area contributed by atoms with E-state index >= 15 is 0 Å². The molecular weight excluding hydrogens is 483 g/mol. The molecule has 0 aliphatic carbocycles. The first-order chi connectivity index (χ1) is 17.1. The van der Waals surface area contributed by atoms with Crippen LogP contribution >= 0.6 is 11.6 Å². The second-order valence-corrected chi connectivity index (χ2v) is 10.5. The molecule has 2 amide bonds. The van der Waals surface area contributed by atoms with Crippen molar-refractivity contribution in [3.8, 4) is 11.5 Å². The van der Waals surface area contributed by atoms with Gasteiger partial charge in [0.1, 0.15) is 19.0 Å². The van der Waals surface area contributed by atoms with Crippen LogP contribution in [0.5, 0.6) is 11.5 Å². The van der Waals surface area contributed by atoms with E-state index in [4.69, 9.17) is 26.8 Å². The average Bonchev–Trinajstić information content (AvgIpc) is 2.82. The standard InChI is InChI=1S/C28H26ClFN2O4/c1-28(2,3)20-8-6-17(14-21(20)29)32-25(15-4-9-22-23(12-15)36-11-10-35-22)24(26(31)33)18-7-5-16(30)13-19(18)27(32)34/h4-9,12-14,24-25H,10-11H2,1-3H3,(H2,31,33)/t24-,25+/m1/s1. The van der Waals surface area contributed by atoms with Crippen molar-refractivity contribution in [2.75, 3.05) is 18.1 Å². The Morgan fingerprint density at radius 3 is 2.42 bits per heavy atom. The molecule has 3 aromatic carbocycles. The first-order valence-corrected chi connectivity index (χ1v) is 12.1. The van der Waals surface area contributed by atoms with Crippen LogP contribution in [0.15, 0.2) is 54.6 Å². The van der Waals surface area contributed by atoms with Crippen LogP contribution in [-0.4, -0.2) is 25.0 Å². The lowest BCUT2D eigenvalue weighted by Crippen LogP contribution is -2.46. The van der Waals surface area contributed by atoms with Gasteiger partial charge in [-0.15, -0.1) is 0 Å². The summed E-state index contributed by atoms with van der Waals surface area (Å²) < 4.78 is 25.7. The number of anilines is 1. The Balaban J connectivity index is 1.74. The van der Waals surface area contributed by atoms with Gasteiger partial charge in [-0.25, -0.2) is 4.39 Å². The van der Waals surface area contributed by atoms with Gasteiger partial charge < -0.3 is 15.2 Å². The number of fused-ring (bicyclic) bond motifs is 2. The van der Waals surface area contributed by atoms with E-state index in [9.17, 15) is 14.0 Å². The summed E-state index contributed by atoms with van der Waals surface area (Å²) in [6.07, 6.45) is 0. The predicted molar refractivity (Wildman–Crippen MR) is 135 cm³/mol. The summed E-state index contributed by atoms with van der Waals surface area (Å²) in [5.41, 5.74) is 8.18. The Kier molecular flexibility index (Phi) is 5.91. The molecule has 0 aromatic heterocycles. The maximum absolute atomic E-state index is 14.2. The molecule has 2 aliphatic heterocycles. The van der Waals surface area contributed by atoms with E-state index in [2.05, 4.69) is 0 Å². The van der Waals surface area contributed by atoms with E-state index in [0.717, 1.165) is 11.6 Å². The lowest BCUT2D eigenvalue weighted by Gasteiger charge is -2.41. The zero-order valence-corrected chi connectivity index (χ0v) is 20.9. The third kappa shape index (κ3) is 4.07. The van der Waals surface area contributed by atoms with E-state index < -0.39 is 29.6 Å². The van der Waals surface area contributed by atoms with Crippen molar-refractivity contribution in [3.63, 3.8) is 0 Å². The van der Waals surface area contributed by atoms with E-state index in [-0.39, 0.29) is 11.0 Å². The lowest BCUT2D eigenvalue weighted by molar-refractivity contribution is -0.120. The minimum absolute atomic E-state index is 0.0867. The first-order valence-electron chi connectivity index (χ1n) is 11.7. The Bertz CT molecular complexity index is 1380. The fourth-order valence-corrected chi connectivity index (χ4v) is 5.45. The minimum atomic E-state index is -0.943. The molecular formula is C28H26ClFN2O4. The van der Waals surface area contributed by atoms with Gasteiger partial charge in [0.05, 0.1) is 12.0 Å². The van der Waals surface area contributed by atoms with Gasteiger partial charge in [0.2, 0.25) is 5.91 Å². The summed E-state index contributed by atoms with van der Waals surface area (Å²) in [4.78, 5) is 28.3. The van der Waals surface area contributed by atoms with Crippen molar-refractivity contribution >= 4 is 29.1 Å². The molecule has 2 atom stereocenters. The fraction of sp³-hybridized carbons (Fsp3) is 0.286. The number of hydrogen-bond acceptors (Lipinski definition) is 4. The minimum Gasteiger partial charge on any atom is -0.486 e. The molecule has 0 saturated heterocycles. The van der Waals surface area contributed by atoms with Gasteiger partial charge in [-0.1, -0.05) is 50.6 Å². The molecule has 2 heterocycles. The predicted octanol–water partition coefficient (Wildman–Crippen LogP) is 5.52. The van der Waals surface area contributed by atoms with Crippen molar-refractivity contribution < 1.29 is 23.5 Å². The largest absolute Gasteiger partial charge is 0.486 e. The number of benzene rings is 3. The van der Waals surface area contributed by atoms with Crippen LogP contribution in [0.2, 0.25) is 5.02 Å². The molecule has 186 valence electrons. The van der Waals surface area contributed by atoms with Crippen molar-refractivity contribution in [1.82, 2.24) is 0 Å². The first kappa shape index (κ1) is 24.1. The summed E-state index contributed by atoms with van der Waals surface area (Å²) in [6.45, 7) is 6.94. The molecule has 3 aromatic rings. The molecule has 6 nitrogen and oxygen atoms in total. The third-order valence-electron chi connectivity index (χ3n) is 6.65. The SMILES string of the molecule is CC(C)(C)c1ccc(N2C(=O)c3cc(F)ccc3[C@@H](C(N)=O)[C@@H]2c2ccc3c(c2)OCCO3)cc1Cl. The molecule has 0 fully saturated rings. The number of nitrogens with zero attached hydrogens (tertiary/aromatic N) is 1. The van der Waals surface area contributed by atoms with Crippen molar-refractivity contribution in [1.29, 1.82) is 0 Å². The van der Waals surface area contributed by atoms with E-state index in [1.807, 2.05) is 26.8 Å². The zero-order chi connectivity index (χ0) is 25.8. The molecule has 2 aliphatic rings. The molecule has 36 heavy (non-hydrogen) atoms. The summed E-state index contributed by atoms with van der Waals surface area (Å²) in [6, 6.07) is 13.7. The van der Waals surface area contributed by atoms with Crippen LogP contribution < -0.4 is 20.1 Å². The number of carbonyl (C=O) groups excluding carboxylic acids is 2. The highest BCUT2D eigenvalue weighted by molar-refractivity contribution is 6.32. The van der Waals surface area contributed by atoms with Gasteiger partial charge in [0.25, 0.3) is 5.91 Å². The molecule has 5 rings (SSSR count). The smallest absolute Gasteiger partial charge is 0.259 e. The van der Waals surface area contributed by atoms with Crippen LogP contribution in [0.1, 0.15) is 59.8 Å². The number of hydrogen-bond donors (Lipinski definition) is 1. The maximum Gasteiger partial charge on any atom is 0.259 e. The van der Waals surface area contributed by atoms with Crippen molar-refractivity contribution in [2.24, 2.45) is 5.73 Å². The fourth-order valence-electron chi connectivity index (χ4n) is 4.99. The van der Waals surface area contributed by atoms with E-state index in [1.54, 1.807) is 30.3 Å². The number of nitrogens with two attached hydrogens (primary N) is 1. The van der Waals surface area contributed by atoms with Gasteiger partial charge in [-0.3, -0.25) is 14.5 Å². The average molecular weight is 509 g/mol. The number of carbonyl (C=O) groups is 2. The number of primary amides is 1. The quantitative estimate of drug-likeness (QED) is 0.505. The third-order valence-corrected chi connectivity index (χ3v) is 6.96.